The summed E-state index contributed by atoms with van der Waals surface area (Å²) in [5, 5.41) is 6.78. The van der Waals surface area contributed by atoms with E-state index >= 15 is 0 Å². The molecule has 1 heterocycles. The lowest BCUT2D eigenvalue weighted by Gasteiger charge is -2.22. The minimum atomic E-state index is 0.00122. The lowest BCUT2D eigenvalue weighted by Crippen LogP contribution is -2.41. The second kappa shape index (κ2) is 8.78. The molecule has 0 aromatic heterocycles. The summed E-state index contributed by atoms with van der Waals surface area (Å²) in [6.45, 7) is 1.67. The molecule has 1 saturated heterocycles. The van der Waals surface area contributed by atoms with Crippen LogP contribution in [0.4, 0.5) is 4.79 Å². The van der Waals surface area contributed by atoms with E-state index in [1.54, 1.807) is 0 Å². The van der Waals surface area contributed by atoms with Crippen LogP contribution in [0.2, 0.25) is 0 Å². The number of urea groups is 1. The van der Waals surface area contributed by atoms with Gasteiger partial charge in [-0.25, -0.2) is 4.79 Å². The van der Waals surface area contributed by atoms with Gasteiger partial charge in [-0.2, -0.15) is 11.8 Å². The maximum absolute atomic E-state index is 11.8. The van der Waals surface area contributed by atoms with Gasteiger partial charge in [0.05, 0.1) is 6.10 Å². The Balaban J connectivity index is 1.50. The van der Waals surface area contributed by atoms with Gasteiger partial charge in [0, 0.05) is 24.4 Å². The van der Waals surface area contributed by atoms with Crippen molar-refractivity contribution >= 4 is 17.8 Å². The molecular weight excluding hydrogens is 272 g/mol. The van der Waals surface area contributed by atoms with Crippen molar-refractivity contribution in [3.8, 4) is 0 Å². The molecule has 1 saturated carbocycles. The molecule has 0 bridgehead atoms. The number of hydrogen-bond acceptors (Lipinski definition) is 3. The second-order valence-corrected chi connectivity index (χ2v) is 7.04. The fourth-order valence-corrected chi connectivity index (χ4v) is 3.88. The highest BCUT2D eigenvalue weighted by atomic mass is 32.2. The zero-order valence-corrected chi connectivity index (χ0v) is 13.3. The smallest absolute Gasteiger partial charge is 0.315 e. The first-order valence-corrected chi connectivity index (χ1v) is 9.25. The van der Waals surface area contributed by atoms with E-state index in [0.29, 0.717) is 12.1 Å². The molecule has 0 aromatic rings. The van der Waals surface area contributed by atoms with Crippen molar-refractivity contribution < 1.29 is 9.53 Å². The van der Waals surface area contributed by atoms with E-state index in [2.05, 4.69) is 16.9 Å². The molecule has 2 aliphatic rings. The topological polar surface area (TPSA) is 50.4 Å². The monoisotopic (exact) mass is 300 g/mol. The SMILES string of the molecule is CS[C@@H]1CC[C@H](NC(=O)NCCC[C@H]2CCCCO2)C1. The molecule has 0 unspecified atom stereocenters. The molecule has 20 heavy (non-hydrogen) atoms. The van der Waals surface area contributed by atoms with Gasteiger partial charge in [0.2, 0.25) is 0 Å². The van der Waals surface area contributed by atoms with Crippen molar-refractivity contribution in [2.75, 3.05) is 19.4 Å². The van der Waals surface area contributed by atoms with Gasteiger partial charge in [-0.1, -0.05) is 0 Å². The number of hydrogen-bond donors (Lipinski definition) is 2. The molecule has 2 fully saturated rings. The average Bonchev–Trinajstić information content (AvgIpc) is 2.92. The lowest BCUT2D eigenvalue weighted by atomic mass is 10.0. The van der Waals surface area contributed by atoms with Crippen LogP contribution in [-0.2, 0) is 4.74 Å². The first kappa shape index (κ1) is 16.0. The molecular formula is C15H28N2O2S. The maximum atomic E-state index is 11.8. The lowest BCUT2D eigenvalue weighted by molar-refractivity contribution is 0.0103. The number of amides is 2. The summed E-state index contributed by atoms with van der Waals surface area (Å²) in [4.78, 5) is 11.8. The van der Waals surface area contributed by atoms with Gasteiger partial charge in [0.25, 0.3) is 0 Å². The van der Waals surface area contributed by atoms with Crippen LogP contribution >= 0.6 is 11.8 Å². The van der Waals surface area contributed by atoms with Crippen LogP contribution in [0.15, 0.2) is 0 Å². The molecule has 2 amide bonds. The molecule has 1 aliphatic carbocycles. The van der Waals surface area contributed by atoms with Crippen LogP contribution < -0.4 is 10.6 Å². The largest absolute Gasteiger partial charge is 0.378 e. The van der Waals surface area contributed by atoms with Gasteiger partial charge in [-0.15, -0.1) is 0 Å². The Morgan fingerprint density at radius 3 is 2.90 bits per heavy atom. The van der Waals surface area contributed by atoms with Gasteiger partial charge in [0.15, 0.2) is 0 Å². The second-order valence-electron chi connectivity index (χ2n) is 5.90. The third-order valence-corrected chi connectivity index (χ3v) is 5.41. The Morgan fingerprint density at radius 1 is 1.30 bits per heavy atom. The van der Waals surface area contributed by atoms with Crippen LogP contribution in [0.5, 0.6) is 0 Å². The highest BCUT2D eigenvalue weighted by Crippen LogP contribution is 2.27. The highest BCUT2D eigenvalue weighted by molar-refractivity contribution is 7.99. The Hall–Kier alpha value is -0.420. The first-order chi connectivity index (χ1) is 9.78. The minimum Gasteiger partial charge on any atom is -0.378 e. The van der Waals surface area contributed by atoms with E-state index in [0.717, 1.165) is 44.1 Å². The van der Waals surface area contributed by atoms with Crippen molar-refractivity contribution in [2.24, 2.45) is 0 Å². The standard InChI is InChI=1S/C15H28N2O2S/c1-20-14-8-7-12(11-14)17-15(18)16-9-4-6-13-5-2-3-10-19-13/h12-14H,2-11H2,1H3,(H2,16,17,18)/t12-,13+,14+/m0/s1. The Kier molecular flexibility index (Phi) is 7.00. The minimum absolute atomic E-state index is 0.00122. The van der Waals surface area contributed by atoms with Crippen molar-refractivity contribution in [2.45, 2.75) is 68.8 Å². The Bertz CT molecular complexity index is 296. The zero-order valence-electron chi connectivity index (χ0n) is 12.5. The normalized spacial score (nSPS) is 30.1. The third-order valence-electron chi connectivity index (χ3n) is 4.32. The van der Waals surface area contributed by atoms with Crippen LogP contribution in [0.25, 0.3) is 0 Å². The first-order valence-electron chi connectivity index (χ1n) is 7.96. The summed E-state index contributed by atoms with van der Waals surface area (Å²) in [6, 6.07) is 0.371. The Morgan fingerprint density at radius 2 is 2.20 bits per heavy atom. The third kappa shape index (κ3) is 5.52. The number of nitrogens with one attached hydrogen (secondary N) is 2. The molecule has 0 aromatic carbocycles. The molecule has 2 N–H and O–H groups in total. The van der Waals surface area contributed by atoms with Crippen molar-refractivity contribution in [3.05, 3.63) is 0 Å². The number of carbonyl (C=O) groups is 1. The molecule has 0 spiro atoms. The van der Waals surface area contributed by atoms with E-state index in [9.17, 15) is 4.79 Å². The van der Waals surface area contributed by atoms with E-state index < -0.39 is 0 Å². The van der Waals surface area contributed by atoms with E-state index in [1.807, 2.05) is 11.8 Å². The fraction of sp³-hybridized carbons (Fsp3) is 0.933. The molecule has 4 nitrogen and oxygen atoms in total. The van der Waals surface area contributed by atoms with E-state index in [4.69, 9.17) is 4.74 Å². The number of carbonyl (C=O) groups excluding carboxylic acids is 1. The molecule has 2 rings (SSSR count). The number of ether oxygens (including phenoxy) is 1. The summed E-state index contributed by atoms with van der Waals surface area (Å²) in [5.41, 5.74) is 0. The molecule has 1 aliphatic heterocycles. The van der Waals surface area contributed by atoms with Gasteiger partial charge in [-0.05, 0) is 57.6 Å². The van der Waals surface area contributed by atoms with Gasteiger partial charge in [-0.3, -0.25) is 0 Å². The number of rotatable bonds is 6. The summed E-state index contributed by atoms with van der Waals surface area (Å²) in [7, 11) is 0. The molecule has 3 atom stereocenters. The quantitative estimate of drug-likeness (QED) is 0.742. The van der Waals surface area contributed by atoms with Crippen LogP contribution in [-0.4, -0.2) is 42.8 Å². The zero-order chi connectivity index (χ0) is 14.2. The van der Waals surface area contributed by atoms with Gasteiger partial charge in [0.1, 0.15) is 0 Å². The summed E-state index contributed by atoms with van der Waals surface area (Å²) < 4.78 is 5.69. The van der Waals surface area contributed by atoms with Crippen molar-refractivity contribution in [3.63, 3.8) is 0 Å². The van der Waals surface area contributed by atoms with Crippen LogP contribution in [0.1, 0.15) is 51.4 Å². The average molecular weight is 300 g/mol. The van der Waals surface area contributed by atoms with Gasteiger partial charge >= 0.3 is 6.03 Å². The number of thioether (sulfide) groups is 1. The highest BCUT2D eigenvalue weighted by Gasteiger charge is 2.24. The van der Waals surface area contributed by atoms with E-state index in [1.165, 1.54) is 25.7 Å². The molecule has 0 radical (unpaired) electrons. The van der Waals surface area contributed by atoms with Gasteiger partial charge < -0.3 is 15.4 Å². The van der Waals surface area contributed by atoms with Crippen LogP contribution in [0, 0.1) is 0 Å². The predicted octanol–water partition coefficient (Wildman–Crippen LogP) is 2.92. The fourth-order valence-electron chi connectivity index (χ4n) is 3.09. The Labute approximate surface area is 126 Å². The van der Waals surface area contributed by atoms with Crippen LogP contribution in [0.3, 0.4) is 0 Å². The van der Waals surface area contributed by atoms with Crippen molar-refractivity contribution in [1.82, 2.24) is 10.6 Å². The molecule has 116 valence electrons. The van der Waals surface area contributed by atoms with Crippen molar-refractivity contribution in [1.29, 1.82) is 0 Å². The summed E-state index contributed by atoms with van der Waals surface area (Å²) in [6.07, 6.45) is 11.8. The maximum Gasteiger partial charge on any atom is 0.315 e. The predicted molar refractivity (Wildman–Crippen MR) is 84.3 cm³/mol. The summed E-state index contributed by atoms with van der Waals surface area (Å²) in [5.74, 6) is 0. The molecule has 5 heteroatoms. The van der Waals surface area contributed by atoms with E-state index in [-0.39, 0.29) is 6.03 Å². The summed E-state index contributed by atoms with van der Waals surface area (Å²) >= 11 is 1.91.